The van der Waals surface area contributed by atoms with Gasteiger partial charge in [0.25, 0.3) is 0 Å². The number of aromatic nitrogens is 4. The maximum Gasteiger partial charge on any atom is 0.226 e. The lowest BCUT2D eigenvalue weighted by Gasteiger charge is -2.11. The predicted octanol–water partition coefficient (Wildman–Crippen LogP) is 0.425. The SMILES string of the molecule is COCC(O)CNc1nc(Cl)nc2[nH]ncc12. The Morgan fingerprint density at radius 3 is 3.18 bits per heavy atom. The van der Waals surface area contributed by atoms with E-state index in [0.717, 1.165) is 5.39 Å². The third-order valence-corrected chi connectivity index (χ3v) is 2.32. The van der Waals surface area contributed by atoms with Gasteiger partial charge in [-0.15, -0.1) is 0 Å². The number of fused-ring (bicyclic) bond motifs is 1. The number of nitrogens with zero attached hydrogens (tertiary/aromatic N) is 3. The van der Waals surface area contributed by atoms with Crippen molar-refractivity contribution in [2.45, 2.75) is 6.10 Å². The zero-order valence-electron chi connectivity index (χ0n) is 9.14. The molecule has 17 heavy (non-hydrogen) atoms. The van der Waals surface area contributed by atoms with Gasteiger partial charge in [-0.3, -0.25) is 5.10 Å². The zero-order valence-corrected chi connectivity index (χ0v) is 9.90. The minimum atomic E-state index is -0.615. The highest BCUT2D eigenvalue weighted by molar-refractivity contribution is 6.28. The van der Waals surface area contributed by atoms with E-state index in [-0.39, 0.29) is 11.9 Å². The summed E-state index contributed by atoms with van der Waals surface area (Å²) in [7, 11) is 1.53. The first-order valence-electron chi connectivity index (χ1n) is 4.98. The molecule has 2 heterocycles. The van der Waals surface area contributed by atoms with Gasteiger partial charge in [-0.05, 0) is 11.6 Å². The maximum atomic E-state index is 9.52. The molecule has 1 atom stereocenters. The maximum absolute atomic E-state index is 9.52. The van der Waals surface area contributed by atoms with Crippen LogP contribution in [-0.4, -0.2) is 51.6 Å². The average molecular weight is 258 g/mol. The molecule has 0 saturated carbocycles. The molecular formula is C9H12ClN5O2. The molecule has 0 aliphatic carbocycles. The fourth-order valence-electron chi connectivity index (χ4n) is 1.41. The van der Waals surface area contributed by atoms with Crippen molar-refractivity contribution in [2.24, 2.45) is 0 Å². The van der Waals surface area contributed by atoms with E-state index >= 15 is 0 Å². The molecule has 0 aliphatic rings. The molecule has 0 spiro atoms. The van der Waals surface area contributed by atoms with Gasteiger partial charge in [-0.2, -0.15) is 15.1 Å². The molecule has 0 fully saturated rings. The number of halogens is 1. The Hall–Kier alpha value is -1.44. The summed E-state index contributed by atoms with van der Waals surface area (Å²) in [6.45, 7) is 0.557. The van der Waals surface area contributed by atoms with E-state index in [4.69, 9.17) is 16.3 Å². The predicted molar refractivity (Wildman–Crippen MR) is 63.1 cm³/mol. The van der Waals surface area contributed by atoms with Crippen LogP contribution in [0.5, 0.6) is 0 Å². The molecule has 0 bridgehead atoms. The van der Waals surface area contributed by atoms with Crippen molar-refractivity contribution in [1.29, 1.82) is 0 Å². The molecule has 1 unspecified atom stereocenters. The van der Waals surface area contributed by atoms with Crippen molar-refractivity contribution in [3.8, 4) is 0 Å². The van der Waals surface area contributed by atoms with Crippen LogP contribution < -0.4 is 5.32 Å². The van der Waals surface area contributed by atoms with Crippen LogP contribution in [0.25, 0.3) is 11.0 Å². The number of anilines is 1. The molecule has 0 aromatic carbocycles. The fraction of sp³-hybridized carbons (Fsp3) is 0.444. The topological polar surface area (TPSA) is 96.0 Å². The molecule has 0 amide bonds. The van der Waals surface area contributed by atoms with Crippen LogP contribution >= 0.6 is 11.6 Å². The number of hydrogen-bond acceptors (Lipinski definition) is 6. The standard InChI is InChI=1S/C9H12ClN5O2/c1-17-4-5(16)2-11-7-6-3-12-15-8(6)14-9(10)13-7/h3,5,16H,2,4H2,1H3,(H2,11,12,13,14,15). The zero-order chi connectivity index (χ0) is 12.3. The van der Waals surface area contributed by atoms with Crippen molar-refractivity contribution in [1.82, 2.24) is 20.2 Å². The molecule has 2 aromatic rings. The quantitative estimate of drug-likeness (QED) is 0.672. The third kappa shape index (κ3) is 2.82. The van der Waals surface area contributed by atoms with Crippen LogP contribution in [0.1, 0.15) is 0 Å². The van der Waals surface area contributed by atoms with Crippen LogP contribution in [0.3, 0.4) is 0 Å². The fourth-order valence-corrected chi connectivity index (χ4v) is 1.58. The van der Waals surface area contributed by atoms with Crippen molar-refractivity contribution in [3.63, 3.8) is 0 Å². The summed E-state index contributed by atoms with van der Waals surface area (Å²) in [5, 5.41) is 19.9. The number of methoxy groups -OCH3 is 1. The molecule has 3 N–H and O–H groups in total. The van der Waals surface area contributed by atoms with Gasteiger partial charge < -0.3 is 15.2 Å². The molecule has 7 nitrogen and oxygen atoms in total. The lowest BCUT2D eigenvalue weighted by atomic mass is 10.3. The summed E-state index contributed by atoms with van der Waals surface area (Å²) in [6.07, 6.45) is 0.979. The molecule has 0 saturated heterocycles. The van der Waals surface area contributed by atoms with Crippen molar-refractivity contribution in [2.75, 3.05) is 25.6 Å². The van der Waals surface area contributed by atoms with Crippen molar-refractivity contribution in [3.05, 3.63) is 11.5 Å². The molecule has 0 aliphatic heterocycles. The highest BCUT2D eigenvalue weighted by atomic mass is 35.5. The summed E-state index contributed by atoms with van der Waals surface area (Å²) in [5.74, 6) is 0.531. The minimum Gasteiger partial charge on any atom is -0.389 e. The van der Waals surface area contributed by atoms with Gasteiger partial charge in [-0.1, -0.05) is 0 Å². The van der Waals surface area contributed by atoms with Gasteiger partial charge in [0, 0.05) is 13.7 Å². The number of ether oxygens (including phenoxy) is 1. The van der Waals surface area contributed by atoms with E-state index in [1.165, 1.54) is 7.11 Å². The number of H-pyrrole nitrogens is 1. The van der Waals surface area contributed by atoms with Crippen LogP contribution in [0, 0.1) is 0 Å². The Kier molecular flexibility index (Phi) is 3.72. The molecular weight excluding hydrogens is 246 g/mol. The van der Waals surface area contributed by atoms with E-state index in [0.29, 0.717) is 18.0 Å². The van der Waals surface area contributed by atoms with Gasteiger partial charge in [0.2, 0.25) is 5.28 Å². The van der Waals surface area contributed by atoms with Crippen LogP contribution in [0.15, 0.2) is 6.20 Å². The normalized spacial score (nSPS) is 12.9. The molecule has 92 valence electrons. The molecule has 0 radical (unpaired) electrons. The Balaban J connectivity index is 2.14. The van der Waals surface area contributed by atoms with Gasteiger partial charge >= 0.3 is 0 Å². The smallest absolute Gasteiger partial charge is 0.226 e. The van der Waals surface area contributed by atoms with Gasteiger partial charge in [0.15, 0.2) is 5.65 Å². The minimum absolute atomic E-state index is 0.116. The Morgan fingerprint density at radius 1 is 1.59 bits per heavy atom. The summed E-state index contributed by atoms with van der Waals surface area (Å²) in [4.78, 5) is 8.01. The lowest BCUT2D eigenvalue weighted by molar-refractivity contribution is 0.0727. The van der Waals surface area contributed by atoms with E-state index in [9.17, 15) is 5.11 Å². The Bertz CT molecular complexity index is 503. The number of aliphatic hydroxyl groups excluding tert-OH is 1. The Labute approximate surface area is 102 Å². The van der Waals surface area contributed by atoms with E-state index in [1.54, 1.807) is 6.20 Å². The molecule has 8 heteroatoms. The highest BCUT2D eigenvalue weighted by Gasteiger charge is 2.10. The second kappa shape index (κ2) is 5.26. The molecule has 2 aromatic heterocycles. The number of hydrogen-bond donors (Lipinski definition) is 3. The largest absolute Gasteiger partial charge is 0.389 e. The second-order valence-corrected chi connectivity index (χ2v) is 3.80. The van der Waals surface area contributed by atoms with Crippen molar-refractivity contribution >= 4 is 28.5 Å². The lowest BCUT2D eigenvalue weighted by Crippen LogP contribution is -2.24. The number of aromatic amines is 1. The monoisotopic (exact) mass is 257 g/mol. The van der Waals surface area contributed by atoms with Crippen LogP contribution in [0.4, 0.5) is 5.82 Å². The summed E-state index contributed by atoms with van der Waals surface area (Å²) in [5.41, 5.74) is 0.550. The van der Waals surface area contributed by atoms with Gasteiger partial charge in [0.05, 0.1) is 24.3 Å². The number of rotatable bonds is 5. The summed E-state index contributed by atoms with van der Waals surface area (Å²) < 4.78 is 4.82. The number of nitrogens with one attached hydrogen (secondary N) is 2. The van der Waals surface area contributed by atoms with Crippen molar-refractivity contribution < 1.29 is 9.84 Å². The number of aliphatic hydroxyl groups is 1. The summed E-state index contributed by atoms with van der Waals surface area (Å²) in [6, 6.07) is 0. The second-order valence-electron chi connectivity index (χ2n) is 3.46. The van der Waals surface area contributed by atoms with E-state index in [2.05, 4.69) is 25.5 Å². The first-order valence-corrected chi connectivity index (χ1v) is 5.36. The van der Waals surface area contributed by atoms with Crippen LogP contribution in [-0.2, 0) is 4.74 Å². The first-order chi connectivity index (χ1) is 8.20. The summed E-state index contributed by atoms with van der Waals surface area (Å²) >= 11 is 5.76. The molecule has 2 rings (SSSR count). The van der Waals surface area contributed by atoms with Gasteiger partial charge in [-0.25, -0.2) is 0 Å². The average Bonchev–Trinajstić information content (AvgIpc) is 2.74. The van der Waals surface area contributed by atoms with E-state index in [1.807, 2.05) is 0 Å². The third-order valence-electron chi connectivity index (χ3n) is 2.15. The highest BCUT2D eigenvalue weighted by Crippen LogP contribution is 2.19. The first kappa shape index (κ1) is 12.0. The van der Waals surface area contributed by atoms with E-state index < -0.39 is 6.10 Å². The van der Waals surface area contributed by atoms with Crippen LogP contribution in [0.2, 0.25) is 5.28 Å². The van der Waals surface area contributed by atoms with Gasteiger partial charge in [0.1, 0.15) is 5.82 Å². The Morgan fingerprint density at radius 2 is 2.41 bits per heavy atom.